The van der Waals surface area contributed by atoms with Gasteiger partial charge in [-0.25, -0.2) is 5.57 Å². The van der Waals surface area contributed by atoms with E-state index in [4.69, 9.17) is 5.73 Å². The van der Waals surface area contributed by atoms with E-state index in [1.54, 1.807) is 0 Å². The number of benzene rings is 1. The van der Waals surface area contributed by atoms with Crippen LogP contribution < -0.4 is 24.8 Å². The number of allylic oxidation sites excluding steroid dienone is 4. The van der Waals surface area contributed by atoms with Gasteiger partial charge >= 0.3 is 26.2 Å². The molecule has 0 amide bonds. The summed E-state index contributed by atoms with van der Waals surface area (Å²) >= 11 is 0. The van der Waals surface area contributed by atoms with Gasteiger partial charge in [-0.1, -0.05) is 62.6 Å². The topological polar surface area (TPSA) is 23.8 Å². The van der Waals surface area contributed by atoms with Gasteiger partial charge in [0.2, 0.25) is 0 Å². The van der Waals surface area contributed by atoms with Gasteiger partial charge in [-0.2, -0.15) is 11.1 Å². The molecule has 1 aromatic rings. The SMILES string of the molecule is CC1=[C-]C(C)C(C)=C1C.[CH3-].[CH3-].[Cl-].[Cl-].[NH-]Cc1ccccc1.[SiH4].[Zr+2]. The minimum Gasteiger partial charge on any atom is -1.00 e. The molecule has 1 aromatic carbocycles. The Hall–Kier alpha value is 0.340. The monoisotopic (exact) mass is 449 g/mol. The van der Waals surface area contributed by atoms with Crippen molar-refractivity contribution in [2.75, 3.05) is 0 Å². The molecule has 134 valence electrons. The molecule has 1 aliphatic carbocycles. The molecular weight excluding hydrogens is 420 g/mol. The molecule has 0 heterocycles. The molecule has 0 radical (unpaired) electrons. The van der Waals surface area contributed by atoms with Gasteiger partial charge in [0.25, 0.3) is 0 Å². The van der Waals surface area contributed by atoms with E-state index in [1.807, 2.05) is 30.3 Å². The summed E-state index contributed by atoms with van der Waals surface area (Å²) in [4.78, 5) is 0. The largest absolute Gasteiger partial charge is 2.00 e. The van der Waals surface area contributed by atoms with Crippen LogP contribution >= 0.6 is 0 Å². The summed E-state index contributed by atoms with van der Waals surface area (Å²) in [6.07, 6.45) is 3.36. The predicted octanol–water partition coefficient (Wildman–Crippen LogP) is -1.58. The smallest absolute Gasteiger partial charge is 1.00 e. The number of rotatable bonds is 1. The second kappa shape index (κ2) is 20.4. The number of halogens is 2. The van der Waals surface area contributed by atoms with Gasteiger partial charge in [0.1, 0.15) is 0 Å². The Morgan fingerprint density at radius 2 is 1.43 bits per heavy atom. The van der Waals surface area contributed by atoms with Crippen LogP contribution in [0.15, 0.2) is 47.1 Å². The van der Waals surface area contributed by atoms with Crippen LogP contribution in [-0.2, 0) is 32.7 Å². The van der Waals surface area contributed by atoms with E-state index >= 15 is 0 Å². The van der Waals surface area contributed by atoms with Crippen molar-refractivity contribution in [3.05, 3.63) is 79.3 Å². The molecule has 1 aliphatic rings. The van der Waals surface area contributed by atoms with Crippen LogP contribution in [0.3, 0.4) is 0 Å². The van der Waals surface area contributed by atoms with Crippen molar-refractivity contribution in [1.29, 1.82) is 0 Å². The molecule has 1 unspecified atom stereocenters. The summed E-state index contributed by atoms with van der Waals surface area (Å²) in [7, 11) is 0. The van der Waals surface area contributed by atoms with Gasteiger partial charge in [0, 0.05) is 0 Å². The maximum Gasteiger partial charge on any atom is 2.00 e. The summed E-state index contributed by atoms with van der Waals surface area (Å²) in [6, 6.07) is 9.76. The van der Waals surface area contributed by atoms with Crippen LogP contribution in [0.5, 0.6) is 0 Å². The minimum atomic E-state index is 0. The first-order valence-corrected chi connectivity index (χ1v) is 6.02. The third-order valence-electron chi connectivity index (χ3n) is 3.28. The average molecular weight is 452 g/mol. The van der Waals surface area contributed by atoms with Crippen LogP contribution in [0.2, 0.25) is 0 Å². The van der Waals surface area contributed by atoms with Crippen molar-refractivity contribution in [2.45, 2.75) is 34.2 Å². The Balaban J connectivity index is -0.0000000500. The molecule has 1 atom stereocenters. The van der Waals surface area contributed by atoms with E-state index in [-0.39, 0.29) is 76.8 Å². The summed E-state index contributed by atoms with van der Waals surface area (Å²) in [5.41, 5.74) is 12.3. The van der Waals surface area contributed by atoms with Gasteiger partial charge in [0.15, 0.2) is 0 Å². The molecule has 1 N–H and O–H groups in total. The Morgan fingerprint density at radius 3 is 1.61 bits per heavy atom. The molecule has 23 heavy (non-hydrogen) atoms. The summed E-state index contributed by atoms with van der Waals surface area (Å²) in [6.45, 7) is 9.06. The van der Waals surface area contributed by atoms with Crippen molar-refractivity contribution in [2.24, 2.45) is 5.92 Å². The fraction of sp³-hybridized carbons (Fsp3) is 0.333. The molecule has 2 rings (SSSR count). The first-order chi connectivity index (χ1) is 8.06. The zero-order valence-electron chi connectivity index (χ0n) is 14.4. The van der Waals surface area contributed by atoms with E-state index < -0.39 is 0 Å². The van der Waals surface area contributed by atoms with Crippen molar-refractivity contribution in [3.8, 4) is 0 Å². The van der Waals surface area contributed by atoms with E-state index in [0.717, 1.165) is 5.56 Å². The predicted molar refractivity (Wildman–Crippen MR) is 98.6 cm³/mol. The maximum atomic E-state index is 6.94. The van der Waals surface area contributed by atoms with E-state index in [2.05, 4.69) is 33.8 Å². The Bertz CT molecular complexity index is 434. The second-order valence-electron chi connectivity index (χ2n) is 4.46. The van der Waals surface area contributed by atoms with Gasteiger partial charge in [-0.05, 0) is 11.0 Å². The fourth-order valence-corrected chi connectivity index (χ4v) is 1.76. The van der Waals surface area contributed by atoms with Crippen molar-refractivity contribution in [1.82, 2.24) is 0 Å². The van der Waals surface area contributed by atoms with E-state index in [1.165, 1.54) is 16.7 Å². The van der Waals surface area contributed by atoms with Crippen LogP contribution in [0.1, 0.15) is 33.3 Å². The second-order valence-corrected chi connectivity index (χ2v) is 4.46. The molecule has 0 saturated heterocycles. The third kappa shape index (κ3) is 13.3. The number of nitrogens with one attached hydrogen (secondary N) is 1. The molecular formula is C18H31Cl2NSiZr-4. The fourth-order valence-electron chi connectivity index (χ4n) is 1.76. The van der Waals surface area contributed by atoms with Gasteiger partial charge in [-0.15, -0.1) is 13.5 Å². The molecule has 0 fully saturated rings. The van der Waals surface area contributed by atoms with Crippen LogP contribution in [0.4, 0.5) is 0 Å². The van der Waals surface area contributed by atoms with Crippen LogP contribution in [0.25, 0.3) is 5.73 Å². The normalized spacial score (nSPS) is 13.8. The van der Waals surface area contributed by atoms with Gasteiger partial charge < -0.3 is 45.4 Å². The Kier molecular flexibility index (Phi) is 34.3. The van der Waals surface area contributed by atoms with Crippen molar-refractivity contribution in [3.63, 3.8) is 0 Å². The zero-order valence-corrected chi connectivity index (χ0v) is 18.4. The average Bonchev–Trinajstić information content (AvgIpc) is 2.58. The number of hydrogen-bond acceptors (Lipinski definition) is 0. The standard InChI is InChI=1S/C9H13.C7H8N.2CH3.2ClH.H4Si.Zr/c1-6-5-7(2)9(4)8(6)3;8-6-7-4-2-1-3-5-7;;;;;;/h6H,1-4H3;1-5,8H,6H2;2*1H3;2*1H;1H4;/q4*-1;;;;+2/p-2. The van der Waals surface area contributed by atoms with Crippen molar-refractivity contribution >= 4 is 11.0 Å². The zero-order chi connectivity index (χ0) is 12.8. The Morgan fingerprint density at radius 1 is 1.00 bits per heavy atom. The minimum absolute atomic E-state index is 0. The molecule has 0 aliphatic heterocycles. The first kappa shape index (κ1) is 38.7. The quantitative estimate of drug-likeness (QED) is 0.364. The Labute approximate surface area is 180 Å². The summed E-state index contributed by atoms with van der Waals surface area (Å²) in [5, 5.41) is 0. The van der Waals surface area contributed by atoms with E-state index in [0.29, 0.717) is 12.5 Å². The van der Waals surface area contributed by atoms with Crippen LogP contribution in [0, 0.1) is 26.8 Å². The number of hydrogen-bond donors (Lipinski definition) is 0. The van der Waals surface area contributed by atoms with Gasteiger partial charge in [-0.3, -0.25) is 6.08 Å². The molecule has 0 spiro atoms. The summed E-state index contributed by atoms with van der Waals surface area (Å²) in [5.74, 6) is 0.560. The third-order valence-corrected chi connectivity index (χ3v) is 3.28. The van der Waals surface area contributed by atoms with Gasteiger partial charge in [0.05, 0.1) is 0 Å². The summed E-state index contributed by atoms with van der Waals surface area (Å²) < 4.78 is 0. The molecule has 0 saturated carbocycles. The van der Waals surface area contributed by atoms with E-state index in [9.17, 15) is 0 Å². The maximum absolute atomic E-state index is 6.94. The molecule has 0 aromatic heterocycles. The van der Waals surface area contributed by atoms with Crippen molar-refractivity contribution < 1.29 is 51.0 Å². The first-order valence-electron chi connectivity index (χ1n) is 6.02. The van der Waals surface area contributed by atoms with Crippen LogP contribution in [-0.4, -0.2) is 11.0 Å². The molecule has 0 bridgehead atoms. The molecule has 1 nitrogen and oxygen atoms in total. The molecule has 5 heteroatoms.